The molecule has 114 valence electrons. The summed E-state index contributed by atoms with van der Waals surface area (Å²) in [5.41, 5.74) is 1.37. The van der Waals surface area contributed by atoms with Crippen molar-refractivity contribution in [2.45, 2.75) is 59.4 Å². The van der Waals surface area contributed by atoms with Crippen LogP contribution in [-0.2, 0) is 6.42 Å². The van der Waals surface area contributed by atoms with Gasteiger partial charge in [0.25, 0.3) is 0 Å². The van der Waals surface area contributed by atoms with Crippen LogP contribution in [0.1, 0.15) is 52.5 Å². The molecular weight excluding hydrogens is 246 g/mol. The first kappa shape index (κ1) is 17.0. The van der Waals surface area contributed by atoms with Gasteiger partial charge in [-0.05, 0) is 56.3 Å². The molecule has 2 heteroatoms. The Balaban J connectivity index is 2.36. The van der Waals surface area contributed by atoms with Crippen molar-refractivity contribution in [2.75, 3.05) is 13.2 Å². The molecule has 0 fully saturated rings. The highest BCUT2D eigenvalue weighted by atomic mass is 16.5. The topological polar surface area (TPSA) is 21.3 Å². The number of rotatable bonds is 10. The van der Waals surface area contributed by atoms with Gasteiger partial charge in [-0.2, -0.15) is 0 Å². The zero-order valence-corrected chi connectivity index (χ0v) is 13.6. The van der Waals surface area contributed by atoms with Crippen molar-refractivity contribution in [3.05, 3.63) is 29.8 Å². The van der Waals surface area contributed by atoms with Crippen molar-refractivity contribution < 1.29 is 4.74 Å². The van der Waals surface area contributed by atoms with E-state index in [0.717, 1.165) is 25.3 Å². The molecule has 0 spiro atoms. The minimum absolute atomic E-state index is 0.534. The van der Waals surface area contributed by atoms with Gasteiger partial charge in [-0.3, -0.25) is 0 Å². The summed E-state index contributed by atoms with van der Waals surface area (Å²) in [6.07, 6.45) is 4.73. The molecule has 2 atom stereocenters. The number of ether oxygens (including phenoxy) is 1. The second-order valence-corrected chi connectivity index (χ2v) is 5.91. The lowest BCUT2D eigenvalue weighted by atomic mass is 10.1. The van der Waals surface area contributed by atoms with Gasteiger partial charge in [-0.1, -0.05) is 39.3 Å². The van der Waals surface area contributed by atoms with Gasteiger partial charge in [0.05, 0.1) is 6.61 Å². The lowest BCUT2D eigenvalue weighted by molar-refractivity contribution is 0.251. The fourth-order valence-corrected chi connectivity index (χ4v) is 2.35. The summed E-state index contributed by atoms with van der Waals surface area (Å²) in [7, 11) is 0. The van der Waals surface area contributed by atoms with Gasteiger partial charge >= 0.3 is 0 Å². The lowest BCUT2D eigenvalue weighted by Gasteiger charge is -2.14. The lowest BCUT2D eigenvalue weighted by Crippen LogP contribution is -2.28. The summed E-state index contributed by atoms with van der Waals surface area (Å²) in [6, 6.07) is 9.10. The van der Waals surface area contributed by atoms with Crippen LogP contribution < -0.4 is 10.1 Å². The SMILES string of the molecule is CCCNC(C)Cc1ccc(OCC(C)CCC)cc1. The van der Waals surface area contributed by atoms with E-state index in [1.54, 1.807) is 0 Å². The molecule has 2 nitrogen and oxygen atoms in total. The molecule has 0 radical (unpaired) electrons. The van der Waals surface area contributed by atoms with Gasteiger partial charge in [0.15, 0.2) is 0 Å². The third kappa shape index (κ3) is 6.95. The summed E-state index contributed by atoms with van der Waals surface area (Å²) in [4.78, 5) is 0. The number of hydrogen-bond acceptors (Lipinski definition) is 2. The smallest absolute Gasteiger partial charge is 0.119 e. The largest absolute Gasteiger partial charge is 0.493 e. The Labute approximate surface area is 124 Å². The number of benzene rings is 1. The van der Waals surface area contributed by atoms with E-state index in [-0.39, 0.29) is 0 Å². The monoisotopic (exact) mass is 277 g/mol. The normalized spacial score (nSPS) is 14.0. The summed E-state index contributed by atoms with van der Waals surface area (Å²) in [6.45, 7) is 10.8. The zero-order chi connectivity index (χ0) is 14.8. The van der Waals surface area contributed by atoms with Gasteiger partial charge in [0.2, 0.25) is 0 Å². The van der Waals surface area contributed by atoms with E-state index in [0.29, 0.717) is 12.0 Å². The van der Waals surface area contributed by atoms with E-state index in [9.17, 15) is 0 Å². The van der Waals surface area contributed by atoms with E-state index in [1.807, 2.05) is 0 Å². The first-order chi connectivity index (χ1) is 9.65. The van der Waals surface area contributed by atoms with Crippen LogP contribution in [-0.4, -0.2) is 19.2 Å². The van der Waals surface area contributed by atoms with Crippen LogP contribution in [0.3, 0.4) is 0 Å². The van der Waals surface area contributed by atoms with Crippen molar-refractivity contribution >= 4 is 0 Å². The highest BCUT2D eigenvalue weighted by Gasteiger charge is 2.04. The van der Waals surface area contributed by atoms with Crippen LogP contribution in [0.4, 0.5) is 0 Å². The molecule has 0 heterocycles. The van der Waals surface area contributed by atoms with Crippen LogP contribution in [0, 0.1) is 5.92 Å². The van der Waals surface area contributed by atoms with Gasteiger partial charge in [0.1, 0.15) is 5.75 Å². The van der Waals surface area contributed by atoms with Crippen molar-refractivity contribution in [1.82, 2.24) is 5.32 Å². The Morgan fingerprint density at radius 2 is 1.75 bits per heavy atom. The average Bonchev–Trinajstić information content (AvgIpc) is 2.45. The summed E-state index contributed by atoms with van der Waals surface area (Å²) in [5, 5.41) is 3.52. The predicted molar refractivity (Wildman–Crippen MR) is 87.5 cm³/mol. The van der Waals surface area contributed by atoms with E-state index < -0.39 is 0 Å². The summed E-state index contributed by atoms with van der Waals surface area (Å²) in [5.74, 6) is 1.63. The maximum Gasteiger partial charge on any atom is 0.119 e. The zero-order valence-electron chi connectivity index (χ0n) is 13.6. The molecule has 0 aliphatic rings. The van der Waals surface area contributed by atoms with Crippen LogP contribution in [0.5, 0.6) is 5.75 Å². The Bertz CT molecular complexity index is 347. The van der Waals surface area contributed by atoms with Crippen molar-refractivity contribution in [3.63, 3.8) is 0 Å². The molecule has 2 unspecified atom stereocenters. The summed E-state index contributed by atoms with van der Waals surface area (Å²) >= 11 is 0. The molecule has 0 amide bonds. The van der Waals surface area contributed by atoms with Gasteiger partial charge in [-0.15, -0.1) is 0 Å². The molecule has 0 saturated heterocycles. The first-order valence-electron chi connectivity index (χ1n) is 8.10. The van der Waals surface area contributed by atoms with E-state index >= 15 is 0 Å². The molecule has 1 aromatic carbocycles. The first-order valence-corrected chi connectivity index (χ1v) is 8.10. The minimum atomic E-state index is 0.534. The molecule has 1 rings (SSSR count). The number of nitrogens with one attached hydrogen (secondary N) is 1. The van der Waals surface area contributed by atoms with Crippen LogP contribution in [0.25, 0.3) is 0 Å². The fraction of sp³-hybridized carbons (Fsp3) is 0.667. The van der Waals surface area contributed by atoms with Gasteiger partial charge in [-0.25, -0.2) is 0 Å². The fourth-order valence-electron chi connectivity index (χ4n) is 2.35. The average molecular weight is 277 g/mol. The predicted octanol–water partition coefficient (Wildman–Crippen LogP) is 4.43. The maximum absolute atomic E-state index is 5.83. The van der Waals surface area contributed by atoms with Crippen LogP contribution >= 0.6 is 0 Å². The Morgan fingerprint density at radius 1 is 1.05 bits per heavy atom. The highest BCUT2D eigenvalue weighted by Crippen LogP contribution is 2.15. The number of hydrogen-bond donors (Lipinski definition) is 1. The van der Waals surface area contributed by atoms with Crippen LogP contribution in [0.15, 0.2) is 24.3 Å². The molecule has 0 aliphatic heterocycles. The Morgan fingerprint density at radius 3 is 2.35 bits per heavy atom. The Hall–Kier alpha value is -1.02. The Kier molecular flexibility index (Phi) is 8.36. The van der Waals surface area contributed by atoms with Crippen molar-refractivity contribution in [2.24, 2.45) is 5.92 Å². The minimum Gasteiger partial charge on any atom is -0.493 e. The molecule has 0 aromatic heterocycles. The van der Waals surface area contributed by atoms with E-state index in [2.05, 4.69) is 57.3 Å². The van der Waals surface area contributed by atoms with Crippen molar-refractivity contribution in [3.8, 4) is 5.75 Å². The molecule has 20 heavy (non-hydrogen) atoms. The van der Waals surface area contributed by atoms with E-state index in [1.165, 1.54) is 24.8 Å². The van der Waals surface area contributed by atoms with Crippen molar-refractivity contribution in [1.29, 1.82) is 0 Å². The molecule has 0 bridgehead atoms. The molecule has 0 aliphatic carbocycles. The molecule has 1 aromatic rings. The molecular formula is C18H31NO. The van der Waals surface area contributed by atoms with Gasteiger partial charge in [0, 0.05) is 6.04 Å². The highest BCUT2D eigenvalue weighted by molar-refractivity contribution is 5.27. The quantitative estimate of drug-likeness (QED) is 0.683. The van der Waals surface area contributed by atoms with Crippen LogP contribution in [0.2, 0.25) is 0 Å². The van der Waals surface area contributed by atoms with Gasteiger partial charge < -0.3 is 10.1 Å². The molecule has 1 N–H and O–H groups in total. The standard InChI is InChI=1S/C18H31NO/c1-5-7-15(3)14-20-18-10-8-17(9-11-18)13-16(4)19-12-6-2/h8-11,15-16,19H,5-7,12-14H2,1-4H3. The van der Waals surface area contributed by atoms with E-state index in [4.69, 9.17) is 4.74 Å². The second-order valence-electron chi connectivity index (χ2n) is 5.91. The maximum atomic E-state index is 5.83. The third-order valence-corrected chi connectivity index (χ3v) is 3.52. The third-order valence-electron chi connectivity index (χ3n) is 3.52. The summed E-state index contributed by atoms with van der Waals surface area (Å²) < 4.78 is 5.83. The molecule has 0 saturated carbocycles. The second kappa shape index (κ2) is 9.82.